The van der Waals surface area contributed by atoms with Crippen molar-refractivity contribution >= 4 is 12.1 Å². The van der Waals surface area contributed by atoms with Gasteiger partial charge in [0.2, 0.25) is 0 Å². The Morgan fingerprint density at radius 1 is 1.06 bits per heavy atom. The largest absolute Gasteiger partial charge is 0.458 e. The summed E-state index contributed by atoms with van der Waals surface area (Å²) in [5, 5.41) is 0. The minimum Gasteiger partial charge on any atom is -0.458 e. The lowest BCUT2D eigenvalue weighted by atomic mass is 9.80. The first-order chi connectivity index (χ1) is 14.2. The number of allylic oxidation sites excluding steroid dienone is 1. The van der Waals surface area contributed by atoms with Gasteiger partial charge in [-0.1, -0.05) is 26.0 Å². The number of rotatable bonds is 7. The van der Waals surface area contributed by atoms with Crippen molar-refractivity contribution in [1.82, 2.24) is 4.90 Å². The third-order valence-electron chi connectivity index (χ3n) is 5.89. The van der Waals surface area contributed by atoms with Gasteiger partial charge in [-0.2, -0.15) is 0 Å². The number of methoxy groups -OCH3 is 1. The van der Waals surface area contributed by atoms with Crippen LogP contribution >= 0.6 is 0 Å². The molecule has 1 rings (SSSR count). The van der Waals surface area contributed by atoms with E-state index < -0.39 is 47.0 Å². The molecule has 1 heterocycles. The maximum atomic E-state index is 13.4. The lowest BCUT2D eigenvalue weighted by molar-refractivity contribution is -0.161. The molecule has 0 unspecified atom stereocenters. The van der Waals surface area contributed by atoms with Gasteiger partial charge in [-0.3, -0.25) is 4.90 Å². The number of likely N-dealkylation sites (tertiary alicyclic amines) is 1. The highest BCUT2D eigenvalue weighted by molar-refractivity contribution is 5.83. The van der Waals surface area contributed by atoms with Gasteiger partial charge in [0.15, 0.2) is 0 Å². The topological polar surface area (TPSA) is 91.1 Å². The van der Waals surface area contributed by atoms with E-state index in [1.165, 1.54) is 4.90 Å². The Balaban J connectivity index is 3.54. The third kappa shape index (κ3) is 6.69. The van der Waals surface area contributed by atoms with Crippen molar-refractivity contribution in [1.29, 1.82) is 0 Å². The summed E-state index contributed by atoms with van der Waals surface area (Å²) < 4.78 is 17.3. The fourth-order valence-electron chi connectivity index (χ4n) is 4.40. The van der Waals surface area contributed by atoms with Gasteiger partial charge in [-0.25, -0.2) is 9.59 Å². The van der Waals surface area contributed by atoms with E-state index in [9.17, 15) is 9.59 Å². The number of carbonyl (C=O) groups excluding carboxylic acids is 2. The van der Waals surface area contributed by atoms with Crippen molar-refractivity contribution in [3.8, 4) is 0 Å². The highest BCUT2D eigenvalue weighted by Gasteiger charge is 2.54. The zero-order chi connectivity index (χ0) is 24.2. The SMILES string of the molecule is C/C=C\[C@@H]1C[C@H](C(=O)OC(C)(C)C)N(C(=O)OC(C)(C)C)[C@H]1[C@@H](N)C(CC)(CC)OC. The Morgan fingerprint density at radius 2 is 1.58 bits per heavy atom. The molecule has 1 amide bonds. The van der Waals surface area contributed by atoms with Crippen LogP contribution in [0.1, 0.15) is 81.6 Å². The zero-order valence-corrected chi connectivity index (χ0v) is 21.2. The Kier molecular flexibility index (Phi) is 9.15. The van der Waals surface area contributed by atoms with Crippen LogP contribution in [0.3, 0.4) is 0 Å². The normalized spacial score (nSPS) is 23.8. The predicted octanol–water partition coefficient (Wildman–Crippen LogP) is 4.43. The quantitative estimate of drug-likeness (QED) is 0.465. The molecule has 2 N–H and O–H groups in total. The van der Waals surface area contributed by atoms with Crippen molar-refractivity contribution in [3.63, 3.8) is 0 Å². The van der Waals surface area contributed by atoms with E-state index in [1.807, 2.05) is 53.7 Å². The van der Waals surface area contributed by atoms with E-state index in [-0.39, 0.29) is 5.92 Å². The first-order valence-corrected chi connectivity index (χ1v) is 11.3. The summed E-state index contributed by atoms with van der Waals surface area (Å²) in [5.41, 5.74) is 4.82. The number of nitrogens with zero attached hydrogens (tertiary/aromatic N) is 1. The maximum Gasteiger partial charge on any atom is 0.411 e. The number of hydrogen-bond acceptors (Lipinski definition) is 6. The number of nitrogens with two attached hydrogens (primary N) is 1. The number of ether oxygens (including phenoxy) is 3. The molecule has 1 aliphatic rings. The number of amides is 1. The van der Waals surface area contributed by atoms with Crippen LogP contribution in [0.25, 0.3) is 0 Å². The summed E-state index contributed by atoms with van der Waals surface area (Å²) in [6.45, 7) is 16.8. The molecular formula is C24H44N2O5. The Labute approximate surface area is 188 Å². The van der Waals surface area contributed by atoms with Gasteiger partial charge in [0.1, 0.15) is 17.2 Å². The Hall–Kier alpha value is -1.60. The molecule has 7 nitrogen and oxygen atoms in total. The van der Waals surface area contributed by atoms with E-state index in [4.69, 9.17) is 19.9 Å². The molecule has 0 bridgehead atoms. The molecule has 1 aliphatic heterocycles. The summed E-state index contributed by atoms with van der Waals surface area (Å²) in [7, 11) is 1.65. The first-order valence-electron chi connectivity index (χ1n) is 11.3. The molecular weight excluding hydrogens is 396 g/mol. The van der Waals surface area contributed by atoms with Crippen molar-refractivity contribution in [2.45, 2.75) is 117 Å². The molecule has 0 aliphatic carbocycles. The number of hydrogen-bond donors (Lipinski definition) is 1. The van der Waals surface area contributed by atoms with Crippen LogP contribution in [0, 0.1) is 5.92 Å². The summed E-state index contributed by atoms with van der Waals surface area (Å²) in [6.07, 6.45) is 5.16. The van der Waals surface area contributed by atoms with Crippen LogP contribution in [-0.2, 0) is 19.0 Å². The van der Waals surface area contributed by atoms with Gasteiger partial charge >= 0.3 is 12.1 Å². The second-order valence-corrected chi connectivity index (χ2v) is 10.4. The van der Waals surface area contributed by atoms with Gasteiger partial charge in [-0.15, -0.1) is 0 Å². The summed E-state index contributed by atoms with van der Waals surface area (Å²) >= 11 is 0. The molecule has 7 heteroatoms. The third-order valence-corrected chi connectivity index (χ3v) is 5.89. The van der Waals surface area contributed by atoms with Crippen LogP contribution in [0.4, 0.5) is 4.79 Å². The predicted molar refractivity (Wildman–Crippen MR) is 123 cm³/mol. The minimum absolute atomic E-state index is 0.127. The standard InChI is InChI=1S/C24H44N2O5/c1-11-14-16-15-17(20(27)30-22(4,5)6)26(21(28)31-23(7,8)9)18(16)19(25)24(12-2,13-3)29-10/h11,14,16-19H,12-13,15,25H2,1-10H3/b14-11-/t16-,17-,18-,19-/m1/s1. The molecule has 180 valence electrons. The molecule has 1 fully saturated rings. The van der Waals surface area contributed by atoms with Crippen LogP contribution < -0.4 is 5.73 Å². The van der Waals surface area contributed by atoms with Crippen molar-refractivity contribution in [3.05, 3.63) is 12.2 Å². The Bertz CT molecular complexity index is 635. The van der Waals surface area contributed by atoms with Crippen molar-refractivity contribution in [2.75, 3.05) is 7.11 Å². The first kappa shape index (κ1) is 27.4. The van der Waals surface area contributed by atoms with E-state index >= 15 is 0 Å². The van der Waals surface area contributed by atoms with Gasteiger partial charge in [-0.05, 0) is 67.7 Å². The summed E-state index contributed by atoms with van der Waals surface area (Å²) in [5.74, 6) is -0.573. The smallest absolute Gasteiger partial charge is 0.411 e. The van der Waals surface area contributed by atoms with Gasteiger partial charge < -0.3 is 19.9 Å². The zero-order valence-electron chi connectivity index (χ0n) is 21.2. The van der Waals surface area contributed by atoms with Crippen LogP contribution in [0.15, 0.2) is 12.2 Å². The molecule has 0 saturated carbocycles. The molecule has 31 heavy (non-hydrogen) atoms. The molecule has 0 aromatic heterocycles. The van der Waals surface area contributed by atoms with E-state index in [2.05, 4.69) is 0 Å². The average Bonchev–Trinajstić information content (AvgIpc) is 3.00. The highest BCUT2D eigenvalue weighted by Crippen LogP contribution is 2.40. The molecule has 4 atom stereocenters. The average molecular weight is 441 g/mol. The fraction of sp³-hybridized carbons (Fsp3) is 0.833. The van der Waals surface area contributed by atoms with Gasteiger partial charge in [0, 0.05) is 13.0 Å². The highest BCUT2D eigenvalue weighted by atomic mass is 16.6. The monoisotopic (exact) mass is 440 g/mol. The fourth-order valence-corrected chi connectivity index (χ4v) is 4.40. The maximum absolute atomic E-state index is 13.4. The molecule has 0 aromatic carbocycles. The van der Waals surface area contributed by atoms with E-state index in [0.717, 1.165) is 0 Å². The van der Waals surface area contributed by atoms with Crippen molar-refractivity contribution in [2.24, 2.45) is 11.7 Å². The summed E-state index contributed by atoms with van der Waals surface area (Å²) in [6, 6.07) is -1.77. The second kappa shape index (κ2) is 10.3. The molecule has 0 aromatic rings. The van der Waals surface area contributed by atoms with Crippen LogP contribution in [0.2, 0.25) is 0 Å². The van der Waals surface area contributed by atoms with Gasteiger partial charge in [0.25, 0.3) is 0 Å². The lowest BCUT2D eigenvalue weighted by Gasteiger charge is -2.44. The molecule has 0 radical (unpaired) electrons. The minimum atomic E-state index is -0.783. The van der Waals surface area contributed by atoms with Crippen molar-refractivity contribution < 1.29 is 23.8 Å². The number of carbonyl (C=O) groups is 2. The van der Waals surface area contributed by atoms with E-state index in [1.54, 1.807) is 27.9 Å². The van der Waals surface area contributed by atoms with Crippen LogP contribution in [0.5, 0.6) is 0 Å². The number of esters is 1. The lowest BCUT2D eigenvalue weighted by Crippen LogP contribution is -2.63. The second-order valence-electron chi connectivity index (χ2n) is 10.4. The Morgan fingerprint density at radius 3 is 1.97 bits per heavy atom. The molecule has 1 saturated heterocycles. The van der Waals surface area contributed by atoms with E-state index in [0.29, 0.717) is 19.3 Å². The van der Waals surface area contributed by atoms with Crippen LogP contribution in [-0.4, -0.2) is 59.0 Å². The molecule has 0 spiro atoms. The van der Waals surface area contributed by atoms with Gasteiger partial charge in [0.05, 0.1) is 17.7 Å². The summed E-state index contributed by atoms with van der Waals surface area (Å²) in [4.78, 5) is 28.0.